The molecule has 2 aromatic carbocycles. The van der Waals surface area contributed by atoms with Crippen LogP contribution in [0.2, 0.25) is 0 Å². The molecule has 0 bridgehead atoms. The highest BCUT2D eigenvalue weighted by molar-refractivity contribution is 9.10. The molecule has 37 heavy (non-hydrogen) atoms. The molecule has 2 heterocycles. The number of sulfonamides is 1. The number of halogens is 1. The molecule has 2 aromatic heterocycles. The highest BCUT2D eigenvalue weighted by Crippen LogP contribution is 2.32. The first-order valence-electron chi connectivity index (χ1n) is 10.9. The summed E-state index contributed by atoms with van der Waals surface area (Å²) in [7, 11) is -3.68. The van der Waals surface area contributed by atoms with Crippen LogP contribution >= 0.6 is 38.6 Å². The van der Waals surface area contributed by atoms with Crippen molar-refractivity contribution in [3.8, 4) is 0 Å². The van der Waals surface area contributed by atoms with Crippen LogP contribution in [0.5, 0.6) is 0 Å². The van der Waals surface area contributed by atoms with Crippen molar-refractivity contribution < 1.29 is 18.1 Å². The quantitative estimate of drug-likeness (QED) is 0.133. The molecule has 192 valence electrons. The second-order valence-electron chi connectivity index (χ2n) is 7.52. The lowest BCUT2D eigenvalue weighted by molar-refractivity contribution is -0.380. The minimum absolute atomic E-state index is 0.0471. The molecule has 0 unspecified atom stereocenters. The predicted octanol–water partition coefficient (Wildman–Crippen LogP) is 5.74. The van der Waals surface area contributed by atoms with Gasteiger partial charge in [0, 0.05) is 29.2 Å². The van der Waals surface area contributed by atoms with E-state index in [1.807, 2.05) is 12.1 Å². The molecular weight excluding hydrogens is 602 g/mol. The fraction of sp³-hybridized carbons (Fsp3) is 0.174. The Hall–Kier alpha value is -3.04. The van der Waals surface area contributed by atoms with Gasteiger partial charge >= 0.3 is 5.00 Å². The van der Waals surface area contributed by atoms with Crippen LogP contribution in [0.15, 0.2) is 69.1 Å². The molecule has 0 radical (unpaired) electrons. The number of nitrogens with zero attached hydrogens (tertiary/aromatic N) is 5. The Morgan fingerprint density at radius 3 is 2.43 bits per heavy atom. The minimum Gasteiger partial charge on any atom is -0.267 e. The van der Waals surface area contributed by atoms with Gasteiger partial charge in [0.1, 0.15) is 0 Å². The zero-order valence-corrected chi connectivity index (χ0v) is 23.6. The van der Waals surface area contributed by atoms with Crippen LogP contribution in [0.1, 0.15) is 29.1 Å². The average Bonchev–Trinajstić information content (AvgIpc) is 3.52. The SMILES string of the molecule is CCN(CC)S(=O)(=O)c1ccc(C(=O)N(/N=C/c2ccc([N+](=O)[O-])s2)c2nc3ccc(Br)cc3s2)cc1. The molecule has 0 saturated carbocycles. The van der Waals surface area contributed by atoms with Crippen molar-refractivity contribution in [3.63, 3.8) is 0 Å². The van der Waals surface area contributed by atoms with Crippen molar-refractivity contribution in [1.82, 2.24) is 9.29 Å². The summed E-state index contributed by atoms with van der Waals surface area (Å²) in [6.45, 7) is 4.17. The number of amides is 1. The minimum atomic E-state index is -3.68. The monoisotopic (exact) mass is 621 g/mol. The summed E-state index contributed by atoms with van der Waals surface area (Å²) < 4.78 is 28.6. The number of carbonyl (C=O) groups excluding carboxylic acids is 1. The van der Waals surface area contributed by atoms with Gasteiger partial charge in [0.25, 0.3) is 5.91 Å². The van der Waals surface area contributed by atoms with Gasteiger partial charge in [0.05, 0.1) is 31.1 Å². The molecule has 10 nitrogen and oxygen atoms in total. The Labute approximate surface area is 229 Å². The van der Waals surface area contributed by atoms with Crippen molar-refractivity contribution in [3.05, 3.63) is 79.6 Å². The maximum atomic E-state index is 13.5. The molecule has 1 amide bonds. The van der Waals surface area contributed by atoms with Crippen molar-refractivity contribution in [2.75, 3.05) is 18.1 Å². The number of anilines is 1. The van der Waals surface area contributed by atoms with E-state index in [9.17, 15) is 23.3 Å². The predicted molar refractivity (Wildman–Crippen MR) is 149 cm³/mol. The molecule has 0 N–H and O–H groups in total. The third-order valence-corrected chi connectivity index (χ3v) is 9.77. The average molecular weight is 623 g/mol. The van der Waals surface area contributed by atoms with Crippen LogP contribution in [0.3, 0.4) is 0 Å². The maximum Gasteiger partial charge on any atom is 0.324 e. The van der Waals surface area contributed by atoms with E-state index in [4.69, 9.17) is 0 Å². The van der Waals surface area contributed by atoms with Gasteiger partial charge in [-0.15, -0.1) is 0 Å². The fourth-order valence-corrected chi connectivity index (χ4v) is 7.01. The van der Waals surface area contributed by atoms with Gasteiger partial charge in [0.2, 0.25) is 15.2 Å². The number of hydrogen-bond donors (Lipinski definition) is 0. The number of hydrazone groups is 1. The van der Waals surface area contributed by atoms with Crippen molar-refractivity contribution >= 4 is 81.1 Å². The van der Waals surface area contributed by atoms with Crippen LogP contribution in [-0.4, -0.2) is 47.8 Å². The lowest BCUT2D eigenvalue weighted by Gasteiger charge is -2.19. The molecule has 0 atom stereocenters. The first-order chi connectivity index (χ1) is 17.6. The molecule has 0 aliphatic carbocycles. The summed E-state index contributed by atoms with van der Waals surface area (Å²) in [5.41, 5.74) is 0.872. The Balaban J connectivity index is 1.71. The van der Waals surface area contributed by atoms with Crippen molar-refractivity contribution in [2.45, 2.75) is 18.7 Å². The Bertz CT molecular complexity index is 1590. The van der Waals surface area contributed by atoms with E-state index in [0.717, 1.165) is 25.5 Å². The van der Waals surface area contributed by atoms with Crippen LogP contribution in [0.25, 0.3) is 10.2 Å². The first kappa shape index (κ1) is 27.0. The third-order valence-electron chi connectivity index (χ3n) is 5.25. The van der Waals surface area contributed by atoms with Crippen molar-refractivity contribution in [2.24, 2.45) is 5.10 Å². The lowest BCUT2D eigenvalue weighted by atomic mass is 10.2. The second-order valence-corrected chi connectivity index (χ2v) is 12.5. The van der Waals surface area contributed by atoms with E-state index in [0.29, 0.717) is 28.6 Å². The summed E-state index contributed by atoms with van der Waals surface area (Å²) >= 11 is 5.60. The summed E-state index contributed by atoms with van der Waals surface area (Å²) in [6, 6.07) is 14.1. The number of rotatable bonds is 9. The summed E-state index contributed by atoms with van der Waals surface area (Å²) in [4.78, 5) is 29.2. The van der Waals surface area contributed by atoms with E-state index < -0.39 is 20.9 Å². The topological polar surface area (TPSA) is 126 Å². The molecule has 14 heteroatoms. The molecule has 0 aliphatic rings. The Morgan fingerprint density at radius 2 is 1.81 bits per heavy atom. The van der Waals surface area contributed by atoms with Gasteiger partial charge in [-0.3, -0.25) is 14.9 Å². The number of thiazole rings is 1. The number of carbonyl (C=O) groups is 1. The maximum absolute atomic E-state index is 13.5. The molecule has 0 saturated heterocycles. The molecular formula is C23H20BrN5O5S3. The van der Waals surface area contributed by atoms with Gasteiger partial charge in [-0.05, 0) is 48.5 Å². The number of benzene rings is 2. The lowest BCUT2D eigenvalue weighted by Crippen LogP contribution is -2.30. The number of nitro groups is 1. The molecule has 0 aliphatic heterocycles. The zero-order chi connectivity index (χ0) is 26.7. The smallest absolute Gasteiger partial charge is 0.267 e. The number of aromatic nitrogens is 1. The van der Waals surface area contributed by atoms with Crippen LogP contribution in [0, 0.1) is 10.1 Å². The standard InChI is InChI=1S/C23H20BrN5O5S3/c1-3-27(4-2)37(33,34)18-9-5-15(6-10-18)22(30)28(25-14-17-8-12-21(35-17)29(31)32)23-26-19-11-7-16(24)13-20(19)36-23/h5-14H,3-4H2,1-2H3/b25-14+. The van der Waals surface area contributed by atoms with Crippen LogP contribution in [-0.2, 0) is 10.0 Å². The highest BCUT2D eigenvalue weighted by Gasteiger charge is 2.24. The van der Waals surface area contributed by atoms with E-state index >= 15 is 0 Å². The van der Waals surface area contributed by atoms with Crippen LogP contribution < -0.4 is 5.01 Å². The van der Waals surface area contributed by atoms with E-state index in [1.54, 1.807) is 19.9 Å². The van der Waals surface area contributed by atoms with Gasteiger partial charge in [-0.1, -0.05) is 52.5 Å². The third kappa shape index (κ3) is 5.78. The zero-order valence-electron chi connectivity index (χ0n) is 19.6. The molecule has 4 aromatic rings. The first-order valence-corrected chi connectivity index (χ1v) is 14.8. The Kier molecular flexibility index (Phi) is 8.14. The van der Waals surface area contributed by atoms with E-state index in [-0.39, 0.29) is 15.5 Å². The van der Waals surface area contributed by atoms with Crippen LogP contribution in [0.4, 0.5) is 10.1 Å². The van der Waals surface area contributed by atoms with E-state index in [1.165, 1.54) is 58.3 Å². The fourth-order valence-electron chi connectivity index (χ4n) is 3.39. The summed E-state index contributed by atoms with van der Waals surface area (Å²) in [6.07, 6.45) is 1.36. The van der Waals surface area contributed by atoms with Gasteiger partial charge in [-0.2, -0.15) is 14.4 Å². The number of hydrogen-bond acceptors (Lipinski definition) is 9. The number of thiophene rings is 1. The molecule has 0 fully saturated rings. The second kappa shape index (κ2) is 11.1. The van der Waals surface area contributed by atoms with Gasteiger partial charge in [-0.25, -0.2) is 13.4 Å². The summed E-state index contributed by atoms with van der Waals surface area (Å²) in [5.74, 6) is -0.535. The highest BCUT2D eigenvalue weighted by atomic mass is 79.9. The summed E-state index contributed by atoms with van der Waals surface area (Å²) in [5, 5.41) is 16.7. The molecule has 4 rings (SSSR count). The van der Waals surface area contributed by atoms with Gasteiger partial charge < -0.3 is 0 Å². The normalized spacial score (nSPS) is 12.0. The Morgan fingerprint density at radius 1 is 1.11 bits per heavy atom. The van der Waals surface area contributed by atoms with Gasteiger partial charge in [0.15, 0.2) is 0 Å². The van der Waals surface area contributed by atoms with Crippen molar-refractivity contribution in [1.29, 1.82) is 0 Å². The van der Waals surface area contributed by atoms with E-state index in [2.05, 4.69) is 26.0 Å². The number of fused-ring (bicyclic) bond motifs is 1. The largest absolute Gasteiger partial charge is 0.324 e. The molecule has 0 spiro atoms.